The Morgan fingerprint density at radius 3 is 2.64 bits per heavy atom. The van der Waals surface area contributed by atoms with Gasteiger partial charge in [0, 0.05) is 25.3 Å². The monoisotopic (exact) mass is 317 g/mol. The Kier molecular flexibility index (Phi) is 4.90. The van der Waals surface area contributed by atoms with Crippen molar-refractivity contribution in [3.63, 3.8) is 0 Å². The maximum Gasteiger partial charge on any atom is 0.293 e. The van der Waals surface area contributed by atoms with E-state index in [0.29, 0.717) is 5.69 Å². The SMILES string of the molecule is CC(=O)N(C)c1cccc(NC(=S)NC(=O)c2ccco2)c1. The number of carbonyl (C=O) groups is 2. The summed E-state index contributed by atoms with van der Waals surface area (Å²) < 4.78 is 4.98. The Labute approximate surface area is 133 Å². The summed E-state index contributed by atoms with van der Waals surface area (Å²) in [4.78, 5) is 24.7. The van der Waals surface area contributed by atoms with Crippen LogP contribution in [0, 0.1) is 0 Å². The Hall–Kier alpha value is -2.67. The van der Waals surface area contributed by atoms with Crippen LogP contribution in [0.3, 0.4) is 0 Å². The summed E-state index contributed by atoms with van der Waals surface area (Å²) in [6.07, 6.45) is 1.41. The summed E-state index contributed by atoms with van der Waals surface area (Å²) in [7, 11) is 1.68. The molecule has 0 unspecified atom stereocenters. The fraction of sp³-hybridized carbons (Fsp3) is 0.133. The van der Waals surface area contributed by atoms with E-state index in [1.54, 1.807) is 43.4 Å². The van der Waals surface area contributed by atoms with Crippen molar-refractivity contribution in [1.82, 2.24) is 5.32 Å². The third-order valence-electron chi connectivity index (χ3n) is 2.94. The molecule has 0 aliphatic heterocycles. The van der Waals surface area contributed by atoms with Crippen LogP contribution in [0.4, 0.5) is 11.4 Å². The highest BCUT2D eigenvalue weighted by Gasteiger charge is 2.11. The van der Waals surface area contributed by atoms with Gasteiger partial charge in [0.25, 0.3) is 5.91 Å². The first-order valence-electron chi connectivity index (χ1n) is 6.47. The second kappa shape index (κ2) is 6.86. The minimum Gasteiger partial charge on any atom is -0.459 e. The van der Waals surface area contributed by atoms with Gasteiger partial charge in [-0.15, -0.1) is 0 Å². The largest absolute Gasteiger partial charge is 0.459 e. The van der Waals surface area contributed by atoms with Crippen LogP contribution in [0.2, 0.25) is 0 Å². The highest BCUT2D eigenvalue weighted by Crippen LogP contribution is 2.18. The van der Waals surface area contributed by atoms with Crippen LogP contribution in [0.25, 0.3) is 0 Å². The Morgan fingerprint density at radius 1 is 1.23 bits per heavy atom. The van der Waals surface area contributed by atoms with Gasteiger partial charge in [0.15, 0.2) is 10.9 Å². The standard InChI is InChI=1S/C15H15N3O3S/c1-10(19)18(2)12-6-3-5-11(9-12)16-15(22)17-14(20)13-7-4-8-21-13/h3-9H,1-2H3,(H2,16,17,20,22). The quantitative estimate of drug-likeness (QED) is 0.850. The first-order chi connectivity index (χ1) is 10.5. The van der Waals surface area contributed by atoms with Crippen LogP contribution < -0.4 is 15.5 Å². The van der Waals surface area contributed by atoms with Crippen molar-refractivity contribution >= 4 is 40.5 Å². The Bertz CT molecular complexity index is 698. The molecule has 0 radical (unpaired) electrons. The molecule has 0 aliphatic carbocycles. The van der Waals surface area contributed by atoms with E-state index in [9.17, 15) is 9.59 Å². The number of thiocarbonyl (C=S) groups is 1. The average Bonchev–Trinajstić information content (AvgIpc) is 3.00. The summed E-state index contributed by atoms with van der Waals surface area (Å²) in [6.45, 7) is 1.48. The van der Waals surface area contributed by atoms with E-state index in [2.05, 4.69) is 10.6 Å². The van der Waals surface area contributed by atoms with Crippen LogP contribution in [0.1, 0.15) is 17.5 Å². The van der Waals surface area contributed by atoms with Crippen molar-refractivity contribution in [3.05, 3.63) is 48.4 Å². The molecule has 1 aromatic carbocycles. The van der Waals surface area contributed by atoms with Crippen molar-refractivity contribution in [1.29, 1.82) is 0 Å². The van der Waals surface area contributed by atoms with Gasteiger partial charge in [-0.3, -0.25) is 14.9 Å². The lowest BCUT2D eigenvalue weighted by atomic mass is 10.2. The van der Waals surface area contributed by atoms with Crippen LogP contribution in [0.5, 0.6) is 0 Å². The van der Waals surface area contributed by atoms with Gasteiger partial charge in [-0.2, -0.15) is 0 Å². The molecule has 0 aliphatic rings. The van der Waals surface area contributed by atoms with Gasteiger partial charge in [0.05, 0.1) is 6.26 Å². The minimum atomic E-state index is -0.431. The molecular formula is C15H15N3O3S. The number of nitrogens with zero attached hydrogens (tertiary/aromatic N) is 1. The molecule has 0 fully saturated rings. The van der Waals surface area contributed by atoms with Crippen LogP contribution >= 0.6 is 12.2 Å². The first kappa shape index (κ1) is 15.7. The van der Waals surface area contributed by atoms with Gasteiger partial charge in [0.1, 0.15) is 0 Å². The molecule has 0 bridgehead atoms. The molecule has 0 spiro atoms. The number of rotatable bonds is 3. The normalized spacial score (nSPS) is 9.91. The molecule has 1 aromatic heterocycles. The predicted octanol–water partition coefficient (Wildman–Crippen LogP) is 2.39. The number of anilines is 2. The average molecular weight is 317 g/mol. The lowest BCUT2D eigenvalue weighted by Crippen LogP contribution is -2.34. The van der Waals surface area contributed by atoms with E-state index in [1.165, 1.54) is 18.1 Å². The second-order valence-electron chi connectivity index (χ2n) is 4.51. The molecule has 0 saturated carbocycles. The number of amides is 2. The van der Waals surface area contributed by atoms with E-state index in [1.807, 2.05) is 0 Å². The van der Waals surface area contributed by atoms with Crippen molar-refractivity contribution in [2.45, 2.75) is 6.92 Å². The van der Waals surface area contributed by atoms with Crippen molar-refractivity contribution in [2.24, 2.45) is 0 Å². The number of hydrogen-bond acceptors (Lipinski definition) is 4. The molecule has 0 atom stereocenters. The van der Waals surface area contributed by atoms with Crippen LogP contribution in [0.15, 0.2) is 47.1 Å². The lowest BCUT2D eigenvalue weighted by molar-refractivity contribution is -0.116. The first-order valence-corrected chi connectivity index (χ1v) is 6.88. The van der Waals surface area contributed by atoms with Crippen molar-refractivity contribution in [3.8, 4) is 0 Å². The number of benzene rings is 1. The van der Waals surface area contributed by atoms with E-state index < -0.39 is 5.91 Å². The number of nitrogens with one attached hydrogen (secondary N) is 2. The zero-order valence-electron chi connectivity index (χ0n) is 12.1. The maximum atomic E-state index is 11.8. The molecule has 2 aromatic rings. The summed E-state index contributed by atoms with van der Waals surface area (Å²) in [5.41, 5.74) is 1.38. The minimum absolute atomic E-state index is 0.0779. The zero-order valence-corrected chi connectivity index (χ0v) is 12.9. The third-order valence-corrected chi connectivity index (χ3v) is 3.14. The molecule has 22 heavy (non-hydrogen) atoms. The molecule has 1 heterocycles. The van der Waals surface area contributed by atoms with E-state index in [4.69, 9.17) is 16.6 Å². The fourth-order valence-corrected chi connectivity index (χ4v) is 1.92. The van der Waals surface area contributed by atoms with Gasteiger partial charge in [-0.05, 0) is 42.5 Å². The van der Waals surface area contributed by atoms with Gasteiger partial charge in [-0.25, -0.2) is 0 Å². The number of hydrogen-bond donors (Lipinski definition) is 2. The summed E-state index contributed by atoms with van der Waals surface area (Å²) in [5, 5.41) is 5.54. The molecular weight excluding hydrogens is 302 g/mol. The molecule has 6 nitrogen and oxygen atoms in total. The van der Waals surface area contributed by atoms with Crippen molar-refractivity contribution < 1.29 is 14.0 Å². The highest BCUT2D eigenvalue weighted by atomic mass is 32.1. The number of furan rings is 1. The number of carbonyl (C=O) groups excluding carboxylic acids is 2. The lowest BCUT2D eigenvalue weighted by Gasteiger charge is -2.16. The third kappa shape index (κ3) is 3.92. The highest BCUT2D eigenvalue weighted by molar-refractivity contribution is 7.80. The molecule has 2 rings (SSSR count). The second-order valence-corrected chi connectivity index (χ2v) is 4.92. The van der Waals surface area contributed by atoms with E-state index in [0.717, 1.165) is 5.69 Å². The fourth-order valence-electron chi connectivity index (χ4n) is 1.71. The Morgan fingerprint density at radius 2 is 2.00 bits per heavy atom. The predicted molar refractivity (Wildman–Crippen MR) is 87.9 cm³/mol. The summed E-state index contributed by atoms with van der Waals surface area (Å²) in [6, 6.07) is 10.3. The van der Waals surface area contributed by atoms with Crippen LogP contribution in [-0.2, 0) is 4.79 Å². The van der Waals surface area contributed by atoms with Crippen molar-refractivity contribution in [2.75, 3.05) is 17.3 Å². The molecule has 114 valence electrons. The summed E-state index contributed by atoms with van der Waals surface area (Å²) in [5.74, 6) is -0.334. The van der Waals surface area contributed by atoms with Gasteiger partial charge in [0.2, 0.25) is 5.91 Å². The molecule has 0 saturated heterocycles. The van der Waals surface area contributed by atoms with E-state index in [-0.39, 0.29) is 16.8 Å². The van der Waals surface area contributed by atoms with E-state index >= 15 is 0 Å². The molecule has 2 N–H and O–H groups in total. The summed E-state index contributed by atoms with van der Waals surface area (Å²) >= 11 is 5.08. The van der Waals surface area contributed by atoms with Crippen LogP contribution in [-0.4, -0.2) is 24.0 Å². The molecule has 7 heteroatoms. The van der Waals surface area contributed by atoms with Gasteiger partial charge >= 0.3 is 0 Å². The smallest absolute Gasteiger partial charge is 0.293 e. The topological polar surface area (TPSA) is 74.6 Å². The van der Waals surface area contributed by atoms with Gasteiger partial charge in [-0.1, -0.05) is 6.07 Å². The molecule has 2 amide bonds. The maximum absolute atomic E-state index is 11.8. The Balaban J connectivity index is 2.01. The zero-order chi connectivity index (χ0) is 16.1. The van der Waals surface area contributed by atoms with Gasteiger partial charge < -0.3 is 14.6 Å².